The zero-order valence-corrected chi connectivity index (χ0v) is 15.8. The number of carbonyl (C=O) groups is 1. The van der Waals surface area contributed by atoms with Gasteiger partial charge in [-0.05, 0) is 62.1 Å². The summed E-state index contributed by atoms with van der Waals surface area (Å²) in [4.78, 5) is 12.5. The van der Waals surface area contributed by atoms with E-state index in [1.165, 1.54) is 0 Å². The molecule has 0 bridgehead atoms. The summed E-state index contributed by atoms with van der Waals surface area (Å²) in [5.41, 5.74) is 4.16. The van der Waals surface area contributed by atoms with Crippen LogP contribution in [0.2, 0.25) is 0 Å². The summed E-state index contributed by atoms with van der Waals surface area (Å²) in [6, 6.07) is 10.8. The van der Waals surface area contributed by atoms with Crippen LogP contribution in [0.1, 0.15) is 32.6 Å². The van der Waals surface area contributed by atoms with E-state index in [9.17, 15) is 13.2 Å². The Morgan fingerprint density at radius 3 is 2.40 bits per heavy atom. The molecule has 0 aromatic heterocycles. The first-order chi connectivity index (χ1) is 11.7. The number of aryl methyl sites for hydroxylation is 3. The molecule has 2 aromatic rings. The predicted molar refractivity (Wildman–Crippen MR) is 99.4 cm³/mol. The van der Waals surface area contributed by atoms with Crippen LogP contribution in [-0.2, 0) is 10.0 Å². The summed E-state index contributed by atoms with van der Waals surface area (Å²) in [7, 11) is -3.59. The largest absolute Gasteiger partial charge is 0.351 e. The van der Waals surface area contributed by atoms with E-state index >= 15 is 0 Å². The molecule has 6 heteroatoms. The van der Waals surface area contributed by atoms with Crippen LogP contribution < -0.4 is 10.0 Å². The van der Waals surface area contributed by atoms with E-state index in [-0.39, 0.29) is 23.9 Å². The number of sulfonamides is 1. The highest BCUT2D eigenvalue weighted by Crippen LogP contribution is 2.16. The third-order valence-corrected chi connectivity index (χ3v) is 5.79. The zero-order chi connectivity index (χ0) is 18.6. The van der Waals surface area contributed by atoms with Crippen LogP contribution >= 0.6 is 0 Å². The second kappa shape index (κ2) is 7.80. The number of rotatable bonds is 6. The molecule has 134 valence electrons. The van der Waals surface area contributed by atoms with Crippen molar-refractivity contribution in [3.63, 3.8) is 0 Å². The Hall–Kier alpha value is -2.18. The molecule has 0 saturated heterocycles. The lowest BCUT2D eigenvalue weighted by atomic mass is 10.0. The third-order valence-electron chi connectivity index (χ3n) is 4.19. The normalized spacial score (nSPS) is 11.4. The van der Waals surface area contributed by atoms with Gasteiger partial charge in [0.2, 0.25) is 10.0 Å². The molecule has 0 heterocycles. The van der Waals surface area contributed by atoms with E-state index in [0.717, 1.165) is 16.7 Å². The maximum absolute atomic E-state index is 12.4. The summed E-state index contributed by atoms with van der Waals surface area (Å²) < 4.78 is 27.3. The molecule has 0 unspecified atom stereocenters. The van der Waals surface area contributed by atoms with Crippen LogP contribution in [0.15, 0.2) is 41.3 Å². The topological polar surface area (TPSA) is 75.3 Å². The maximum atomic E-state index is 12.4. The molecule has 0 aliphatic carbocycles. The minimum Gasteiger partial charge on any atom is -0.351 e. The lowest BCUT2D eigenvalue weighted by Gasteiger charge is -2.12. The Balaban J connectivity index is 1.95. The lowest BCUT2D eigenvalue weighted by molar-refractivity contribution is 0.0953. The van der Waals surface area contributed by atoms with Crippen LogP contribution in [0, 0.1) is 27.7 Å². The Morgan fingerprint density at radius 2 is 1.68 bits per heavy atom. The van der Waals surface area contributed by atoms with Crippen molar-refractivity contribution < 1.29 is 13.2 Å². The second-order valence-corrected chi connectivity index (χ2v) is 7.91. The highest BCUT2D eigenvalue weighted by molar-refractivity contribution is 7.89. The summed E-state index contributed by atoms with van der Waals surface area (Å²) in [5.74, 6) is -0.202. The van der Waals surface area contributed by atoms with Crippen molar-refractivity contribution in [2.45, 2.75) is 32.6 Å². The number of benzene rings is 2. The van der Waals surface area contributed by atoms with Gasteiger partial charge in [0.15, 0.2) is 0 Å². The van der Waals surface area contributed by atoms with E-state index in [0.29, 0.717) is 11.1 Å². The molecule has 1 amide bonds. The third kappa shape index (κ3) is 4.67. The molecule has 0 atom stereocenters. The minimum atomic E-state index is -3.59. The summed E-state index contributed by atoms with van der Waals surface area (Å²) in [6.07, 6.45) is 0. The fourth-order valence-electron chi connectivity index (χ4n) is 2.53. The molecule has 0 radical (unpaired) electrons. The van der Waals surface area contributed by atoms with Crippen molar-refractivity contribution in [1.82, 2.24) is 10.0 Å². The van der Waals surface area contributed by atoms with E-state index < -0.39 is 10.0 Å². The average Bonchev–Trinajstić information content (AvgIpc) is 2.56. The summed E-state index contributed by atoms with van der Waals surface area (Å²) in [5, 5.41) is 2.75. The van der Waals surface area contributed by atoms with Gasteiger partial charge in [-0.3, -0.25) is 4.79 Å². The van der Waals surface area contributed by atoms with E-state index in [2.05, 4.69) is 10.0 Å². The Kier molecular flexibility index (Phi) is 5.98. The molecule has 2 rings (SSSR count). The molecule has 25 heavy (non-hydrogen) atoms. The van der Waals surface area contributed by atoms with Crippen molar-refractivity contribution in [2.24, 2.45) is 0 Å². The Labute approximate surface area is 149 Å². The van der Waals surface area contributed by atoms with Gasteiger partial charge in [0.1, 0.15) is 0 Å². The van der Waals surface area contributed by atoms with E-state index in [4.69, 9.17) is 0 Å². The highest BCUT2D eigenvalue weighted by atomic mass is 32.2. The van der Waals surface area contributed by atoms with Crippen LogP contribution in [0.4, 0.5) is 0 Å². The van der Waals surface area contributed by atoms with Crippen LogP contribution in [0.25, 0.3) is 0 Å². The SMILES string of the molecule is Cc1ccc(C)c(S(=O)(=O)NCCNC(=O)c2cccc(C)c2C)c1. The second-order valence-electron chi connectivity index (χ2n) is 6.17. The van der Waals surface area contributed by atoms with Crippen LogP contribution in [0.3, 0.4) is 0 Å². The monoisotopic (exact) mass is 360 g/mol. The van der Waals surface area contributed by atoms with Crippen LogP contribution in [-0.4, -0.2) is 27.4 Å². The molecular weight excluding hydrogens is 336 g/mol. The molecule has 0 fully saturated rings. The first-order valence-corrected chi connectivity index (χ1v) is 9.62. The lowest BCUT2D eigenvalue weighted by Crippen LogP contribution is -2.35. The number of nitrogens with one attached hydrogen (secondary N) is 2. The average molecular weight is 360 g/mol. The quantitative estimate of drug-likeness (QED) is 0.778. The van der Waals surface area contributed by atoms with Crippen molar-refractivity contribution in [1.29, 1.82) is 0 Å². The number of hydrogen-bond acceptors (Lipinski definition) is 3. The van der Waals surface area contributed by atoms with Gasteiger partial charge in [0.25, 0.3) is 5.91 Å². The number of hydrogen-bond donors (Lipinski definition) is 2. The summed E-state index contributed by atoms with van der Waals surface area (Å²) >= 11 is 0. The fraction of sp³-hybridized carbons (Fsp3) is 0.316. The van der Waals surface area contributed by atoms with Crippen molar-refractivity contribution >= 4 is 15.9 Å². The fourth-order valence-corrected chi connectivity index (χ4v) is 3.89. The Morgan fingerprint density at radius 1 is 0.960 bits per heavy atom. The molecule has 0 aliphatic rings. The van der Waals surface area contributed by atoms with E-state index in [1.807, 2.05) is 39.0 Å². The molecule has 0 aliphatic heterocycles. The highest BCUT2D eigenvalue weighted by Gasteiger charge is 2.16. The number of carbonyl (C=O) groups excluding carboxylic acids is 1. The van der Waals surface area contributed by atoms with Crippen LogP contribution in [0.5, 0.6) is 0 Å². The van der Waals surface area contributed by atoms with Gasteiger partial charge < -0.3 is 5.32 Å². The standard InChI is InChI=1S/C19H24N2O3S/c1-13-8-9-15(3)18(12-13)25(23,24)21-11-10-20-19(22)17-7-5-6-14(2)16(17)4/h5-9,12,21H,10-11H2,1-4H3,(H,20,22). The first-order valence-electron chi connectivity index (χ1n) is 8.13. The van der Waals surface area contributed by atoms with Crippen molar-refractivity contribution in [3.8, 4) is 0 Å². The van der Waals surface area contributed by atoms with Gasteiger partial charge in [-0.15, -0.1) is 0 Å². The molecule has 5 nitrogen and oxygen atoms in total. The summed E-state index contributed by atoms with van der Waals surface area (Å²) in [6.45, 7) is 7.81. The molecule has 0 spiro atoms. The minimum absolute atomic E-state index is 0.131. The van der Waals surface area contributed by atoms with Crippen molar-refractivity contribution in [3.05, 3.63) is 64.2 Å². The van der Waals surface area contributed by atoms with Gasteiger partial charge in [-0.2, -0.15) is 0 Å². The first kappa shape index (κ1) is 19.1. The van der Waals surface area contributed by atoms with Gasteiger partial charge >= 0.3 is 0 Å². The van der Waals surface area contributed by atoms with Gasteiger partial charge in [0.05, 0.1) is 4.90 Å². The molecule has 2 aromatic carbocycles. The maximum Gasteiger partial charge on any atom is 0.251 e. The zero-order valence-electron chi connectivity index (χ0n) is 15.0. The van der Waals surface area contributed by atoms with Gasteiger partial charge in [-0.25, -0.2) is 13.1 Å². The van der Waals surface area contributed by atoms with Gasteiger partial charge in [0, 0.05) is 18.7 Å². The molecule has 0 saturated carbocycles. The van der Waals surface area contributed by atoms with Gasteiger partial charge in [-0.1, -0.05) is 24.3 Å². The van der Waals surface area contributed by atoms with E-state index in [1.54, 1.807) is 25.1 Å². The number of amides is 1. The molecule has 2 N–H and O–H groups in total. The molecular formula is C19H24N2O3S. The van der Waals surface area contributed by atoms with Crippen molar-refractivity contribution in [2.75, 3.05) is 13.1 Å². The Bertz CT molecular complexity index is 890. The predicted octanol–water partition coefficient (Wildman–Crippen LogP) is 2.63. The smallest absolute Gasteiger partial charge is 0.251 e.